The molecule has 0 heterocycles. The van der Waals surface area contributed by atoms with Crippen molar-refractivity contribution in [2.24, 2.45) is 5.73 Å². The summed E-state index contributed by atoms with van der Waals surface area (Å²) < 4.78 is 0. The van der Waals surface area contributed by atoms with Crippen LogP contribution < -0.4 is 5.73 Å². The first-order valence-corrected chi connectivity index (χ1v) is 5.76. The lowest BCUT2D eigenvalue weighted by atomic mass is 9.96. The van der Waals surface area contributed by atoms with Crippen LogP contribution in [0.2, 0.25) is 0 Å². The fraction of sp³-hybridized carbons (Fsp3) is 0.200. The molecule has 2 aromatic carbocycles. The van der Waals surface area contributed by atoms with E-state index >= 15 is 0 Å². The number of hydrogen-bond donors (Lipinski definition) is 2. The van der Waals surface area contributed by atoms with Crippen LogP contribution in [0.25, 0.3) is 0 Å². The molecule has 0 saturated heterocycles. The molecule has 0 bridgehead atoms. The van der Waals surface area contributed by atoms with Crippen LogP contribution in [-0.4, -0.2) is 5.11 Å². The van der Waals surface area contributed by atoms with E-state index in [1.807, 2.05) is 24.3 Å². The summed E-state index contributed by atoms with van der Waals surface area (Å²) in [7, 11) is 0. The fourth-order valence-corrected chi connectivity index (χ4v) is 2.05. The van der Waals surface area contributed by atoms with Crippen molar-refractivity contribution < 1.29 is 5.11 Å². The van der Waals surface area contributed by atoms with Crippen LogP contribution in [0.1, 0.15) is 22.7 Å². The van der Waals surface area contributed by atoms with Crippen molar-refractivity contribution in [3.05, 3.63) is 65.2 Å². The smallest absolute Gasteiger partial charge is 0.115 e. The molecule has 88 valence electrons. The topological polar surface area (TPSA) is 46.2 Å². The Labute approximate surface area is 102 Å². The summed E-state index contributed by atoms with van der Waals surface area (Å²) in [6.07, 6.45) is 0.735. The molecule has 3 N–H and O–H groups in total. The predicted octanol–water partition coefficient (Wildman–Crippen LogP) is 2.94. The van der Waals surface area contributed by atoms with Gasteiger partial charge in [0.05, 0.1) is 0 Å². The minimum absolute atomic E-state index is 0.0296. The molecule has 0 amide bonds. The zero-order chi connectivity index (χ0) is 12.3. The van der Waals surface area contributed by atoms with Gasteiger partial charge in [0.25, 0.3) is 0 Å². The SMILES string of the molecule is Cc1ccccc1C(N)Cc1cccc(O)c1. The number of phenolic OH excluding ortho intramolecular Hbond substituents is 1. The maximum atomic E-state index is 9.41. The van der Waals surface area contributed by atoms with Gasteiger partial charge in [-0.15, -0.1) is 0 Å². The van der Waals surface area contributed by atoms with E-state index in [2.05, 4.69) is 19.1 Å². The molecule has 2 rings (SSSR count). The molecule has 0 saturated carbocycles. The van der Waals surface area contributed by atoms with Crippen molar-refractivity contribution >= 4 is 0 Å². The van der Waals surface area contributed by atoms with E-state index in [0.717, 1.165) is 17.5 Å². The highest BCUT2D eigenvalue weighted by molar-refractivity contribution is 5.32. The molecule has 2 heteroatoms. The van der Waals surface area contributed by atoms with Crippen LogP contribution in [0.3, 0.4) is 0 Å². The number of nitrogens with two attached hydrogens (primary N) is 1. The first-order valence-electron chi connectivity index (χ1n) is 5.76. The van der Waals surface area contributed by atoms with E-state index < -0.39 is 0 Å². The number of phenols is 1. The second-order valence-electron chi connectivity index (χ2n) is 4.34. The molecule has 17 heavy (non-hydrogen) atoms. The lowest BCUT2D eigenvalue weighted by molar-refractivity contribution is 0.474. The Morgan fingerprint density at radius 3 is 2.59 bits per heavy atom. The fourth-order valence-electron chi connectivity index (χ4n) is 2.05. The molecule has 1 atom stereocenters. The lowest BCUT2D eigenvalue weighted by Gasteiger charge is -2.14. The molecule has 0 radical (unpaired) electrons. The molecular formula is C15H17NO. The second kappa shape index (κ2) is 5.02. The van der Waals surface area contributed by atoms with Gasteiger partial charge in [-0.05, 0) is 42.2 Å². The van der Waals surface area contributed by atoms with Crippen LogP contribution in [0.5, 0.6) is 5.75 Å². The molecule has 2 aromatic rings. The Kier molecular flexibility index (Phi) is 3.45. The van der Waals surface area contributed by atoms with Crippen molar-refractivity contribution in [1.82, 2.24) is 0 Å². The summed E-state index contributed by atoms with van der Waals surface area (Å²) in [5.41, 5.74) is 9.62. The highest BCUT2D eigenvalue weighted by Gasteiger charge is 2.09. The summed E-state index contributed by atoms with van der Waals surface area (Å²) in [5, 5.41) is 9.41. The summed E-state index contributed by atoms with van der Waals surface area (Å²) in [4.78, 5) is 0. The van der Waals surface area contributed by atoms with Gasteiger partial charge >= 0.3 is 0 Å². The summed E-state index contributed by atoms with van der Waals surface area (Å²) in [5.74, 6) is 0.291. The van der Waals surface area contributed by atoms with Gasteiger partial charge in [0.2, 0.25) is 0 Å². The van der Waals surface area contributed by atoms with Gasteiger partial charge in [-0.1, -0.05) is 36.4 Å². The predicted molar refractivity (Wildman–Crippen MR) is 69.9 cm³/mol. The van der Waals surface area contributed by atoms with E-state index in [9.17, 15) is 5.11 Å². The number of aryl methyl sites for hydroxylation is 1. The number of hydrogen-bond acceptors (Lipinski definition) is 2. The molecule has 0 aromatic heterocycles. The molecule has 0 aliphatic heterocycles. The zero-order valence-corrected chi connectivity index (χ0v) is 9.93. The number of benzene rings is 2. The van der Waals surface area contributed by atoms with Gasteiger partial charge in [-0.2, -0.15) is 0 Å². The molecule has 0 spiro atoms. The summed E-state index contributed by atoms with van der Waals surface area (Å²) >= 11 is 0. The third-order valence-electron chi connectivity index (χ3n) is 2.95. The molecule has 0 fully saturated rings. The second-order valence-corrected chi connectivity index (χ2v) is 4.34. The van der Waals surface area contributed by atoms with Gasteiger partial charge in [-0.3, -0.25) is 0 Å². The van der Waals surface area contributed by atoms with Crippen molar-refractivity contribution in [2.45, 2.75) is 19.4 Å². The van der Waals surface area contributed by atoms with Crippen LogP contribution in [0.4, 0.5) is 0 Å². The van der Waals surface area contributed by atoms with Crippen molar-refractivity contribution in [2.75, 3.05) is 0 Å². The Morgan fingerprint density at radius 2 is 1.88 bits per heavy atom. The van der Waals surface area contributed by atoms with Gasteiger partial charge in [0.15, 0.2) is 0 Å². The molecule has 0 aliphatic carbocycles. The van der Waals surface area contributed by atoms with Crippen molar-refractivity contribution in [3.63, 3.8) is 0 Å². The van der Waals surface area contributed by atoms with E-state index in [1.54, 1.807) is 12.1 Å². The minimum Gasteiger partial charge on any atom is -0.508 e. The quantitative estimate of drug-likeness (QED) is 0.846. The molecule has 2 nitrogen and oxygen atoms in total. The summed E-state index contributed by atoms with van der Waals surface area (Å²) in [6, 6.07) is 15.4. The number of rotatable bonds is 3. The van der Waals surface area contributed by atoms with Crippen molar-refractivity contribution in [3.8, 4) is 5.75 Å². The average molecular weight is 227 g/mol. The number of aromatic hydroxyl groups is 1. The first kappa shape index (κ1) is 11.7. The summed E-state index contributed by atoms with van der Waals surface area (Å²) in [6.45, 7) is 2.07. The zero-order valence-electron chi connectivity index (χ0n) is 9.93. The maximum Gasteiger partial charge on any atom is 0.115 e. The first-order chi connectivity index (χ1) is 8.16. The van der Waals surface area contributed by atoms with E-state index in [4.69, 9.17) is 5.73 Å². The standard InChI is InChI=1S/C15H17NO/c1-11-5-2-3-8-14(11)15(16)10-12-6-4-7-13(17)9-12/h2-9,15,17H,10,16H2,1H3. The van der Waals surface area contributed by atoms with E-state index in [0.29, 0.717) is 5.75 Å². The normalized spacial score (nSPS) is 12.4. The maximum absolute atomic E-state index is 9.41. The highest BCUT2D eigenvalue weighted by Crippen LogP contribution is 2.21. The molecular weight excluding hydrogens is 210 g/mol. The van der Waals surface area contributed by atoms with Crippen LogP contribution >= 0.6 is 0 Å². The van der Waals surface area contributed by atoms with E-state index in [1.165, 1.54) is 5.56 Å². The van der Waals surface area contributed by atoms with Crippen LogP contribution in [0, 0.1) is 6.92 Å². The Bertz CT molecular complexity index is 508. The van der Waals surface area contributed by atoms with E-state index in [-0.39, 0.29) is 6.04 Å². The van der Waals surface area contributed by atoms with Gasteiger partial charge in [0, 0.05) is 6.04 Å². The molecule has 1 unspecified atom stereocenters. The highest BCUT2D eigenvalue weighted by atomic mass is 16.3. The van der Waals surface area contributed by atoms with Gasteiger partial charge in [0.1, 0.15) is 5.75 Å². The minimum atomic E-state index is -0.0296. The molecule has 0 aliphatic rings. The van der Waals surface area contributed by atoms with Gasteiger partial charge in [-0.25, -0.2) is 0 Å². The third kappa shape index (κ3) is 2.86. The van der Waals surface area contributed by atoms with Gasteiger partial charge < -0.3 is 10.8 Å². The Hall–Kier alpha value is -1.80. The monoisotopic (exact) mass is 227 g/mol. The largest absolute Gasteiger partial charge is 0.508 e. The third-order valence-corrected chi connectivity index (χ3v) is 2.95. The average Bonchev–Trinajstić information content (AvgIpc) is 2.29. The Balaban J connectivity index is 2.17. The lowest BCUT2D eigenvalue weighted by Crippen LogP contribution is -2.14. The van der Waals surface area contributed by atoms with Crippen LogP contribution in [0.15, 0.2) is 48.5 Å². The van der Waals surface area contributed by atoms with Crippen molar-refractivity contribution in [1.29, 1.82) is 0 Å². The Morgan fingerprint density at radius 1 is 1.12 bits per heavy atom. The van der Waals surface area contributed by atoms with Crippen LogP contribution in [-0.2, 0) is 6.42 Å².